The largest absolute Gasteiger partial charge is 0.319 e. The highest BCUT2D eigenvalue weighted by Crippen LogP contribution is 2.43. The Morgan fingerprint density at radius 2 is 2.36 bits per heavy atom. The minimum Gasteiger partial charge on any atom is -0.319 e. The van der Waals surface area contributed by atoms with Crippen molar-refractivity contribution in [1.29, 1.82) is 0 Å². The van der Waals surface area contributed by atoms with E-state index >= 15 is 0 Å². The normalized spacial score (nSPS) is 19.3. The number of nitrogens with one attached hydrogen (secondary N) is 1. The van der Waals surface area contributed by atoms with Gasteiger partial charge in [-0.2, -0.15) is 0 Å². The molecular weight excluding hydrogens is 192 g/mol. The number of nitrogens with zero attached hydrogens (tertiary/aromatic N) is 1. The van der Waals surface area contributed by atoms with E-state index in [9.17, 15) is 0 Å². The quantitative estimate of drug-likeness (QED) is 0.825. The van der Waals surface area contributed by atoms with E-state index in [1.807, 2.05) is 7.05 Å². The van der Waals surface area contributed by atoms with E-state index < -0.39 is 0 Å². The van der Waals surface area contributed by atoms with Crippen LogP contribution in [0.4, 0.5) is 0 Å². The van der Waals surface area contributed by atoms with E-state index in [4.69, 9.17) is 0 Å². The topological polar surface area (TPSA) is 24.9 Å². The summed E-state index contributed by atoms with van der Waals surface area (Å²) < 4.78 is 0. The van der Waals surface area contributed by atoms with Gasteiger partial charge in [0.15, 0.2) is 0 Å². The fourth-order valence-electron chi connectivity index (χ4n) is 2.34. The Bertz CT molecular complexity index is 302. The van der Waals surface area contributed by atoms with Gasteiger partial charge in [-0.3, -0.25) is 0 Å². The van der Waals surface area contributed by atoms with Crippen LogP contribution < -0.4 is 5.32 Å². The summed E-state index contributed by atoms with van der Waals surface area (Å²) in [5.41, 5.74) is 1.82. The van der Waals surface area contributed by atoms with Crippen molar-refractivity contribution in [1.82, 2.24) is 10.3 Å². The van der Waals surface area contributed by atoms with Crippen LogP contribution in [0.3, 0.4) is 0 Å². The summed E-state index contributed by atoms with van der Waals surface area (Å²) >= 11 is 1.77. The Morgan fingerprint density at radius 3 is 2.79 bits per heavy atom. The van der Waals surface area contributed by atoms with Crippen molar-refractivity contribution in [2.45, 2.75) is 32.6 Å². The van der Waals surface area contributed by atoms with E-state index in [0.717, 1.165) is 13.0 Å². The third-order valence-corrected chi connectivity index (χ3v) is 4.01. The number of rotatable bonds is 4. The van der Waals surface area contributed by atoms with E-state index in [-0.39, 0.29) is 0 Å². The standard InChI is InChI=1S/C11H18N2S/c1-9-13-10(7-14-9)6-11(8-12-2)4-3-5-11/h7,12H,3-6,8H2,1-2H3. The Hall–Kier alpha value is -0.410. The Morgan fingerprint density at radius 1 is 1.57 bits per heavy atom. The molecule has 0 spiro atoms. The summed E-state index contributed by atoms with van der Waals surface area (Å²) in [7, 11) is 2.05. The van der Waals surface area contributed by atoms with Crippen LogP contribution in [0.5, 0.6) is 0 Å². The zero-order valence-corrected chi connectivity index (χ0v) is 9.78. The van der Waals surface area contributed by atoms with Gasteiger partial charge in [0.2, 0.25) is 0 Å². The van der Waals surface area contributed by atoms with Crippen molar-refractivity contribution in [3.8, 4) is 0 Å². The minimum atomic E-state index is 0.523. The molecule has 1 fully saturated rings. The molecule has 78 valence electrons. The van der Waals surface area contributed by atoms with Crippen molar-refractivity contribution in [3.63, 3.8) is 0 Å². The lowest BCUT2D eigenvalue weighted by Gasteiger charge is -2.41. The molecule has 0 aromatic carbocycles. The lowest BCUT2D eigenvalue weighted by Crippen LogP contribution is -2.40. The molecule has 1 N–H and O–H groups in total. The number of aryl methyl sites for hydroxylation is 1. The first kappa shape index (κ1) is 10.1. The van der Waals surface area contributed by atoms with Gasteiger partial charge in [0.1, 0.15) is 0 Å². The van der Waals surface area contributed by atoms with Crippen LogP contribution in [-0.2, 0) is 6.42 Å². The van der Waals surface area contributed by atoms with Gasteiger partial charge in [0.25, 0.3) is 0 Å². The smallest absolute Gasteiger partial charge is 0.0897 e. The molecule has 1 aliphatic carbocycles. The predicted octanol–water partition coefficient (Wildman–Crippen LogP) is 2.38. The highest BCUT2D eigenvalue weighted by Gasteiger charge is 2.36. The molecule has 1 aromatic heterocycles. The molecule has 0 radical (unpaired) electrons. The summed E-state index contributed by atoms with van der Waals surface area (Å²) in [6.45, 7) is 3.23. The van der Waals surface area contributed by atoms with Crippen LogP contribution in [-0.4, -0.2) is 18.6 Å². The maximum Gasteiger partial charge on any atom is 0.0897 e. The first-order valence-electron chi connectivity index (χ1n) is 5.30. The number of thiazole rings is 1. The lowest BCUT2D eigenvalue weighted by molar-refractivity contribution is 0.132. The number of hydrogen-bond acceptors (Lipinski definition) is 3. The van der Waals surface area contributed by atoms with Crippen molar-refractivity contribution >= 4 is 11.3 Å². The van der Waals surface area contributed by atoms with Crippen molar-refractivity contribution < 1.29 is 0 Å². The average Bonchev–Trinajstić information content (AvgIpc) is 2.48. The van der Waals surface area contributed by atoms with Gasteiger partial charge < -0.3 is 5.32 Å². The molecule has 1 aromatic rings. The highest BCUT2D eigenvalue weighted by molar-refractivity contribution is 7.09. The Kier molecular flexibility index (Phi) is 2.88. The van der Waals surface area contributed by atoms with Crippen LogP contribution in [0.1, 0.15) is 30.0 Å². The zero-order chi connectivity index (χ0) is 10.0. The molecule has 2 rings (SSSR count). The molecule has 14 heavy (non-hydrogen) atoms. The van der Waals surface area contributed by atoms with Crippen LogP contribution in [0, 0.1) is 12.3 Å². The molecule has 1 saturated carbocycles. The summed E-state index contributed by atoms with van der Waals surface area (Å²) in [5.74, 6) is 0. The molecule has 1 aliphatic rings. The molecular formula is C11H18N2S. The fourth-order valence-corrected chi connectivity index (χ4v) is 2.95. The maximum absolute atomic E-state index is 4.55. The average molecular weight is 210 g/mol. The molecule has 0 aliphatic heterocycles. The second-order valence-corrected chi connectivity index (χ2v) is 5.48. The monoisotopic (exact) mass is 210 g/mol. The highest BCUT2D eigenvalue weighted by atomic mass is 32.1. The second kappa shape index (κ2) is 3.99. The Labute approximate surface area is 89.8 Å². The van der Waals surface area contributed by atoms with Gasteiger partial charge in [0, 0.05) is 11.9 Å². The van der Waals surface area contributed by atoms with Crippen molar-refractivity contribution in [2.75, 3.05) is 13.6 Å². The van der Waals surface area contributed by atoms with Crippen LogP contribution in [0.25, 0.3) is 0 Å². The third kappa shape index (κ3) is 1.98. The van der Waals surface area contributed by atoms with Gasteiger partial charge in [-0.15, -0.1) is 11.3 Å². The molecule has 1 heterocycles. The molecule has 0 unspecified atom stereocenters. The van der Waals surface area contributed by atoms with E-state index in [2.05, 4.69) is 22.6 Å². The summed E-state index contributed by atoms with van der Waals surface area (Å²) in [5, 5.41) is 6.72. The van der Waals surface area contributed by atoms with Gasteiger partial charge in [-0.25, -0.2) is 4.98 Å². The number of aromatic nitrogens is 1. The molecule has 0 bridgehead atoms. The van der Waals surface area contributed by atoms with Gasteiger partial charge in [-0.05, 0) is 38.6 Å². The van der Waals surface area contributed by atoms with Crippen molar-refractivity contribution in [3.05, 3.63) is 16.1 Å². The zero-order valence-electron chi connectivity index (χ0n) is 8.97. The van der Waals surface area contributed by atoms with Crippen LogP contribution in [0.2, 0.25) is 0 Å². The third-order valence-electron chi connectivity index (χ3n) is 3.19. The molecule has 3 heteroatoms. The number of hydrogen-bond donors (Lipinski definition) is 1. The van der Waals surface area contributed by atoms with Crippen molar-refractivity contribution in [2.24, 2.45) is 5.41 Å². The second-order valence-electron chi connectivity index (χ2n) is 4.42. The fraction of sp³-hybridized carbons (Fsp3) is 0.727. The van der Waals surface area contributed by atoms with Crippen LogP contribution in [0.15, 0.2) is 5.38 Å². The predicted molar refractivity (Wildman–Crippen MR) is 60.8 cm³/mol. The van der Waals surface area contributed by atoms with Gasteiger partial charge in [0.05, 0.1) is 10.7 Å². The Balaban J connectivity index is 2.01. The minimum absolute atomic E-state index is 0.523. The first-order chi connectivity index (χ1) is 6.74. The molecule has 0 amide bonds. The van der Waals surface area contributed by atoms with E-state index in [0.29, 0.717) is 5.41 Å². The summed E-state index contributed by atoms with van der Waals surface area (Å²) in [4.78, 5) is 4.55. The van der Waals surface area contributed by atoms with E-state index in [1.165, 1.54) is 30.0 Å². The lowest BCUT2D eigenvalue weighted by atomic mass is 9.66. The van der Waals surface area contributed by atoms with E-state index in [1.54, 1.807) is 11.3 Å². The van der Waals surface area contributed by atoms with Gasteiger partial charge >= 0.3 is 0 Å². The molecule has 2 nitrogen and oxygen atoms in total. The summed E-state index contributed by atoms with van der Waals surface area (Å²) in [6.07, 6.45) is 5.29. The summed E-state index contributed by atoms with van der Waals surface area (Å²) in [6, 6.07) is 0. The van der Waals surface area contributed by atoms with Gasteiger partial charge in [-0.1, -0.05) is 6.42 Å². The molecule has 0 atom stereocenters. The molecule has 0 saturated heterocycles. The first-order valence-corrected chi connectivity index (χ1v) is 6.18. The van der Waals surface area contributed by atoms with Crippen LogP contribution >= 0.6 is 11.3 Å². The maximum atomic E-state index is 4.55. The SMILES string of the molecule is CNCC1(Cc2csc(C)n2)CCC1.